The van der Waals surface area contributed by atoms with Crippen LogP contribution in [0.4, 0.5) is 5.69 Å². The zero-order valence-electron chi connectivity index (χ0n) is 14.1. The summed E-state index contributed by atoms with van der Waals surface area (Å²) in [7, 11) is 1.51. The van der Waals surface area contributed by atoms with Crippen LogP contribution in [-0.2, 0) is 20.7 Å². The predicted octanol–water partition coefficient (Wildman–Crippen LogP) is 4.30. The Morgan fingerprint density at radius 1 is 1.32 bits per heavy atom. The SMILES string of the molecule is COc1ccc(NC(=O)[C@H](C)OC(=O)CCCc2cccs2)cc1Cl. The van der Waals surface area contributed by atoms with Gasteiger partial charge in [-0.05, 0) is 49.4 Å². The zero-order chi connectivity index (χ0) is 18.2. The molecule has 2 aromatic rings. The molecule has 0 unspecified atom stereocenters. The predicted molar refractivity (Wildman–Crippen MR) is 99.4 cm³/mol. The minimum absolute atomic E-state index is 0.282. The molecule has 1 amide bonds. The molecule has 0 fully saturated rings. The summed E-state index contributed by atoms with van der Waals surface area (Å²) in [6.45, 7) is 1.54. The average Bonchev–Trinajstić information content (AvgIpc) is 3.08. The number of anilines is 1. The second kappa shape index (κ2) is 9.44. The second-order valence-electron chi connectivity index (χ2n) is 5.40. The van der Waals surface area contributed by atoms with E-state index in [2.05, 4.69) is 5.32 Å². The quantitative estimate of drug-likeness (QED) is 0.692. The van der Waals surface area contributed by atoms with Gasteiger partial charge in [-0.1, -0.05) is 17.7 Å². The maximum atomic E-state index is 12.1. The summed E-state index contributed by atoms with van der Waals surface area (Å²) < 4.78 is 10.2. The fourth-order valence-corrected chi connectivity index (χ4v) is 3.17. The van der Waals surface area contributed by atoms with Crippen LogP contribution in [0.2, 0.25) is 5.02 Å². The lowest BCUT2D eigenvalue weighted by Crippen LogP contribution is -2.29. The number of carbonyl (C=O) groups is 2. The smallest absolute Gasteiger partial charge is 0.306 e. The number of esters is 1. The average molecular weight is 382 g/mol. The van der Waals surface area contributed by atoms with Gasteiger partial charge >= 0.3 is 5.97 Å². The van der Waals surface area contributed by atoms with Crippen molar-refractivity contribution < 1.29 is 19.1 Å². The van der Waals surface area contributed by atoms with Crippen molar-refractivity contribution in [3.63, 3.8) is 0 Å². The van der Waals surface area contributed by atoms with E-state index in [1.807, 2.05) is 17.5 Å². The molecule has 0 aliphatic carbocycles. The Kier molecular flexibility index (Phi) is 7.28. The van der Waals surface area contributed by atoms with Crippen LogP contribution in [-0.4, -0.2) is 25.1 Å². The molecule has 0 spiro atoms. The summed E-state index contributed by atoms with van der Waals surface area (Å²) in [4.78, 5) is 25.2. The number of hydrogen-bond donors (Lipinski definition) is 1. The molecule has 7 heteroatoms. The summed E-state index contributed by atoms with van der Waals surface area (Å²) >= 11 is 7.68. The highest BCUT2D eigenvalue weighted by atomic mass is 35.5. The van der Waals surface area contributed by atoms with Gasteiger partial charge in [0, 0.05) is 17.0 Å². The standard InChI is InChI=1S/C18H20ClNO4S/c1-12(24-17(21)7-3-5-14-6-4-10-25-14)18(22)20-13-8-9-16(23-2)15(19)11-13/h4,6,8-12H,3,5,7H2,1-2H3,(H,20,22)/t12-/m0/s1. The third-order valence-electron chi connectivity index (χ3n) is 3.48. The number of hydrogen-bond acceptors (Lipinski definition) is 5. The van der Waals surface area contributed by atoms with E-state index in [-0.39, 0.29) is 12.4 Å². The van der Waals surface area contributed by atoms with Gasteiger partial charge in [0.15, 0.2) is 6.10 Å². The van der Waals surface area contributed by atoms with Crippen molar-refractivity contribution in [1.29, 1.82) is 0 Å². The first-order valence-electron chi connectivity index (χ1n) is 7.86. The number of rotatable bonds is 8. The van der Waals surface area contributed by atoms with Crippen molar-refractivity contribution in [2.45, 2.75) is 32.3 Å². The molecule has 1 atom stereocenters. The number of nitrogens with one attached hydrogen (secondary N) is 1. The fourth-order valence-electron chi connectivity index (χ4n) is 2.16. The number of benzene rings is 1. The zero-order valence-corrected chi connectivity index (χ0v) is 15.7. The normalized spacial score (nSPS) is 11.6. The first-order chi connectivity index (χ1) is 12.0. The number of aryl methyl sites for hydroxylation is 1. The molecule has 1 aromatic heterocycles. The maximum Gasteiger partial charge on any atom is 0.306 e. The van der Waals surface area contributed by atoms with Gasteiger partial charge in [0.2, 0.25) is 0 Å². The van der Waals surface area contributed by atoms with Crippen LogP contribution in [0.5, 0.6) is 5.75 Å². The molecule has 0 saturated heterocycles. The van der Waals surface area contributed by atoms with Crippen molar-refractivity contribution >= 4 is 40.5 Å². The van der Waals surface area contributed by atoms with Crippen molar-refractivity contribution in [2.75, 3.05) is 12.4 Å². The van der Waals surface area contributed by atoms with Gasteiger partial charge in [-0.15, -0.1) is 11.3 Å². The van der Waals surface area contributed by atoms with Crippen LogP contribution in [0.1, 0.15) is 24.6 Å². The van der Waals surface area contributed by atoms with E-state index in [9.17, 15) is 9.59 Å². The van der Waals surface area contributed by atoms with Crippen LogP contribution in [0.15, 0.2) is 35.7 Å². The number of carbonyl (C=O) groups excluding carboxylic acids is 2. The number of methoxy groups -OCH3 is 1. The van der Waals surface area contributed by atoms with Crippen molar-refractivity contribution in [2.24, 2.45) is 0 Å². The Morgan fingerprint density at radius 3 is 2.76 bits per heavy atom. The highest BCUT2D eigenvalue weighted by Crippen LogP contribution is 2.27. The van der Waals surface area contributed by atoms with Crippen LogP contribution < -0.4 is 10.1 Å². The highest BCUT2D eigenvalue weighted by molar-refractivity contribution is 7.09. The third-order valence-corrected chi connectivity index (χ3v) is 4.71. The molecule has 0 saturated carbocycles. The number of halogens is 1. The van der Waals surface area contributed by atoms with E-state index >= 15 is 0 Å². The Morgan fingerprint density at radius 2 is 2.12 bits per heavy atom. The number of thiophene rings is 1. The molecule has 0 radical (unpaired) electrons. The molecule has 134 valence electrons. The largest absolute Gasteiger partial charge is 0.495 e. The number of amides is 1. The van der Waals surface area contributed by atoms with Gasteiger partial charge in [-0.25, -0.2) is 0 Å². The van der Waals surface area contributed by atoms with Gasteiger partial charge in [-0.3, -0.25) is 9.59 Å². The molecule has 0 aliphatic heterocycles. The molecule has 5 nitrogen and oxygen atoms in total. The van der Waals surface area contributed by atoms with Crippen molar-refractivity contribution in [3.05, 3.63) is 45.6 Å². The van der Waals surface area contributed by atoms with Crippen LogP contribution >= 0.6 is 22.9 Å². The van der Waals surface area contributed by atoms with Crippen LogP contribution in [0.3, 0.4) is 0 Å². The molecular weight excluding hydrogens is 362 g/mol. The van der Waals surface area contributed by atoms with Gasteiger partial charge in [0.1, 0.15) is 5.75 Å². The molecule has 1 aromatic carbocycles. The van der Waals surface area contributed by atoms with E-state index in [1.54, 1.807) is 29.5 Å². The minimum Gasteiger partial charge on any atom is -0.495 e. The summed E-state index contributed by atoms with van der Waals surface area (Å²) in [5.41, 5.74) is 0.511. The van der Waals surface area contributed by atoms with Gasteiger partial charge in [-0.2, -0.15) is 0 Å². The Bertz CT molecular complexity index is 718. The van der Waals surface area contributed by atoms with E-state index in [1.165, 1.54) is 18.9 Å². The molecule has 1 heterocycles. The van der Waals surface area contributed by atoms with Gasteiger partial charge in [0.05, 0.1) is 12.1 Å². The lowest BCUT2D eigenvalue weighted by Gasteiger charge is -2.14. The van der Waals surface area contributed by atoms with Crippen LogP contribution in [0.25, 0.3) is 0 Å². The maximum absolute atomic E-state index is 12.1. The first-order valence-corrected chi connectivity index (χ1v) is 9.11. The number of ether oxygens (including phenoxy) is 2. The molecule has 2 rings (SSSR count). The van der Waals surface area contributed by atoms with Gasteiger partial charge in [0.25, 0.3) is 5.91 Å². The summed E-state index contributed by atoms with van der Waals surface area (Å²) in [6, 6.07) is 8.91. The Balaban J connectivity index is 1.77. The molecule has 0 aliphatic rings. The summed E-state index contributed by atoms with van der Waals surface area (Å²) in [6.07, 6.45) is 0.929. The Hall–Kier alpha value is -2.05. The third kappa shape index (κ3) is 6.07. The summed E-state index contributed by atoms with van der Waals surface area (Å²) in [5, 5.41) is 5.06. The lowest BCUT2D eigenvalue weighted by molar-refractivity contribution is -0.153. The van der Waals surface area contributed by atoms with Crippen LogP contribution in [0, 0.1) is 0 Å². The van der Waals surface area contributed by atoms with E-state index in [0.717, 1.165) is 6.42 Å². The fraction of sp³-hybridized carbons (Fsp3) is 0.333. The lowest BCUT2D eigenvalue weighted by atomic mass is 10.2. The second-order valence-corrected chi connectivity index (χ2v) is 6.84. The molecular formula is C18H20ClNO4S. The topological polar surface area (TPSA) is 64.6 Å². The van der Waals surface area contributed by atoms with E-state index in [0.29, 0.717) is 22.9 Å². The van der Waals surface area contributed by atoms with E-state index in [4.69, 9.17) is 21.1 Å². The first kappa shape index (κ1) is 19.3. The monoisotopic (exact) mass is 381 g/mol. The molecule has 1 N–H and O–H groups in total. The Labute approximate surface area is 155 Å². The summed E-state index contributed by atoms with van der Waals surface area (Å²) in [5.74, 6) is -0.273. The molecule has 0 bridgehead atoms. The highest BCUT2D eigenvalue weighted by Gasteiger charge is 2.18. The van der Waals surface area contributed by atoms with Crippen molar-refractivity contribution in [1.82, 2.24) is 0 Å². The molecule has 25 heavy (non-hydrogen) atoms. The van der Waals surface area contributed by atoms with Gasteiger partial charge < -0.3 is 14.8 Å². The van der Waals surface area contributed by atoms with E-state index < -0.39 is 12.0 Å². The van der Waals surface area contributed by atoms with Crippen molar-refractivity contribution in [3.8, 4) is 5.75 Å². The minimum atomic E-state index is -0.880.